The van der Waals surface area contributed by atoms with Crippen LogP contribution < -0.4 is 9.64 Å². The Morgan fingerprint density at radius 1 is 1.28 bits per heavy atom. The van der Waals surface area contributed by atoms with Crippen molar-refractivity contribution < 1.29 is 14.6 Å². The third-order valence-electron chi connectivity index (χ3n) is 2.98. The lowest BCUT2D eigenvalue weighted by Crippen LogP contribution is -2.43. The number of rotatable bonds is 3. The van der Waals surface area contributed by atoms with E-state index in [-0.39, 0.29) is 5.91 Å². The van der Waals surface area contributed by atoms with Gasteiger partial charge in [-0.25, -0.2) is 0 Å². The van der Waals surface area contributed by atoms with Gasteiger partial charge >= 0.3 is 0 Å². The molecule has 4 nitrogen and oxygen atoms in total. The van der Waals surface area contributed by atoms with Gasteiger partial charge in [-0.1, -0.05) is 0 Å². The van der Waals surface area contributed by atoms with Crippen LogP contribution in [0.25, 0.3) is 0 Å². The van der Waals surface area contributed by atoms with Crippen molar-refractivity contribution in [3.8, 4) is 5.75 Å². The van der Waals surface area contributed by atoms with Crippen molar-refractivity contribution in [3.05, 3.63) is 23.3 Å². The Kier molecular flexibility index (Phi) is 4.02. The Hall–Kier alpha value is -1.55. The van der Waals surface area contributed by atoms with Crippen molar-refractivity contribution >= 4 is 11.6 Å². The van der Waals surface area contributed by atoms with Crippen molar-refractivity contribution in [1.82, 2.24) is 0 Å². The SMILES string of the molecule is COc1cc(C)c(C)cc1N(C)C(=O)C(C)(C)O. The van der Waals surface area contributed by atoms with Gasteiger partial charge < -0.3 is 14.7 Å². The summed E-state index contributed by atoms with van der Waals surface area (Å²) >= 11 is 0. The van der Waals surface area contributed by atoms with Gasteiger partial charge in [-0.05, 0) is 51.0 Å². The molecule has 1 rings (SSSR count). The maximum atomic E-state index is 12.0. The maximum absolute atomic E-state index is 12.0. The largest absolute Gasteiger partial charge is 0.495 e. The minimum absolute atomic E-state index is 0.371. The number of nitrogens with zero attached hydrogens (tertiary/aromatic N) is 1. The molecular formula is C14H21NO3. The molecule has 100 valence electrons. The summed E-state index contributed by atoms with van der Waals surface area (Å²) in [5.41, 5.74) is 1.42. The number of ether oxygens (including phenoxy) is 1. The second-order valence-corrected chi connectivity index (χ2v) is 5.03. The standard InChI is InChI=1S/C14H21NO3/c1-9-7-11(12(18-6)8-10(9)2)15(5)13(16)14(3,4)17/h7-8,17H,1-6H3. The zero-order chi connectivity index (χ0) is 14.1. The second kappa shape index (κ2) is 4.98. The van der Waals surface area contributed by atoms with Gasteiger partial charge in [0.2, 0.25) is 0 Å². The van der Waals surface area contributed by atoms with Gasteiger partial charge in [0.05, 0.1) is 12.8 Å². The number of carbonyl (C=O) groups is 1. The first kappa shape index (κ1) is 14.5. The van der Waals surface area contributed by atoms with Crippen LogP contribution in [0.4, 0.5) is 5.69 Å². The Bertz CT molecular complexity index is 461. The molecule has 1 aromatic carbocycles. The molecular weight excluding hydrogens is 230 g/mol. The van der Waals surface area contributed by atoms with Crippen molar-refractivity contribution in [2.24, 2.45) is 0 Å². The lowest BCUT2D eigenvalue weighted by molar-refractivity contribution is -0.133. The fourth-order valence-electron chi connectivity index (χ4n) is 1.72. The van der Waals surface area contributed by atoms with Crippen LogP contribution in [0.1, 0.15) is 25.0 Å². The van der Waals surface area contributed by atoms with Gasteiger partial charge in [-0.2, -0.15) is 0 Å². The number of hydrogen-bond acceptors (Lipinski definition) is 3. The summed E-state index contributed by atoms with van der Waals surface area (Å²) in [5.74, 6) is 0.252. The molecule has 0 bridgehead atoms. The normalized spacial score (nSPS) is 11.3. The van der Waals surface area contributed by atoms with Crippen molar-refractivity contribution in [2.45, 2.75) is 33.3 Å². The molecule has 0 atom stereocenters. The molecule has 0 spiro atoms. The Labute approximate surface area is 108 Å². The summed E-state index contributed by atoms with van der Waals surface area (Å²) in [6, 6.07) is 3.77. The van der Waals surface area contributed by atoms with Crippen LogP contribution in [0, 0.1) is 13.8 Å². The van der Waals surface area contributed by atoms with Gasteiger partial charge in [0.25, 0.3) is 5.91 Å². The van der Waals surface area contributed by atoms with Gasteiger partial charge in [-0.3, -0.25) is 4.79 Å². The summed E-state index contributed by atoms with van der Waals surface area (Å²) in [6.07, 6.45) is 0. The third-order valence-corrected chi connectivity index (χ3v) is 2.98. The van der Waals surface area contributed by atoms with E-state index in [1.54, 1.807) is 14.2 Å². The van der Waals surface area contributed by atoms with E-state index in [2.05, 4.69) is 0 Å². The van der Waals surface area contributed by atoms with Crippen LogP contribution in [0.15, 0.2) is 12.1 Å². The first-order chi connectivity index (χ1) is 8.18. The average molecular weight is 251 g/mol. The lowest BCUT2D eigenvalue weighted by atomic mass is 10.1. The fraction of sp³-hybridized carbons (Fsp3) is 0.500. The molecule has 0 saturated heterocycles. The van der Waals surface area contributed by atoms with Crippen LogP contribution in [0.5, 0.6) is 5.75 Å². The first-order valence-corrected chi connectivity index (χ1v) is 5.84. The van der Waals surface area contributed by atoms with Crippen LogP contribution in [-0.4, -0.2) is 30.8 Å². The number of benzene rings is 1. The van der Waals surface area contributed by atoms with Gasteiger partial charge in [0.1, 0.15) is 11.4 Å². The molecule has 18 heavy (non-hydrogen) atoms. The first-order valence-electron chi connectivity index (χ1n) is 5.84. The summed E-state index contributed by atoms with van der Waals surface area (Å²) in [5, 5.41) is 9.77. The molecule has 1 N–H and O–H groups in total. The molecule has 0 aliphatic rings. The highest BCUT2D eigenvalue weighted by Gasteiger charge is 2.29. The zero-order valence-corrected chi connectivity index (χ0v) is 11.9. The molecule has 0 radical (unpaired) electrons. The smallest absolute Gasteiger partial charge is 0.258 e. The minimum atomic E-state index is -1.40. The van der Waals surface area contributed by atoms with Gasteiger partial charge in [0.15, 0.2) is 0 Å². The molecule has 0 unspecified atom stereocenters. The molecule has 0 saturated carbocycles. The molecule has 1 amide bonds. The number of aryl methyl sites for hydroxylation is 2. The minimum Gasteiger partial charge on any atom is -0.495 e. The number of aliphatic hydroxyl groups is 1. The highest BCUT2D eigenvalue weighted by molar-refractivity contribution is 5.99. The number of carbonyl (C=O) groups excluding carboxylic acids is 1. The van der Waals surface area contributed by atoms with Crippen LogP contribution in [0.3, 0.4) is 0 Å². The lowest BCUT2D eigenvalue weighted by Gasteiger charge is -2.27. The Balaban J connectivity index is 3.24. The van der Waals surface area contributed by atoms with Crippen LogP contribution in [-0.2, 0) is 4.79 Å². The number of amides is 1. The molecule has 0 heterocycles. The van der Waals surface area contributed by atoms with Crippen LogP contribution >= 0.6 is 0 Å². The second-order valence-electron chi connectivity index (χ2n) is 5.03. The molecule has 0 aliphatic heterocycles. The van der Waals surface area contributed by atoms with E-state index in [1.165, 1.54) is 18.7 Å². The summed E-state index contributed by atoms with van der Waals surface area (Å²) in [7, 11) is 3.20. The molecule has 0 aromatic heterocycles. The number of anilines is 1. The maximum Gasteiger partial charge on any atom is 0.258 e. The van der Waals surface area contributed by atoms with E-state index < -0.39 is 5.60 Å². The van der Waals surface area contributed by atoms with E-state index >= 15 is 0 Å². The molecule has 1 aromatic rings. The van der Waals surface area contributed by atoms with Crippen LogP contribution in [0.2, 0.25) is 0 Å². The van der Waals surface area contributed by atoms with Crippen molar-refractivity contribution in [3.63, 3.8) is 0 Å². The summed E-state index contributed by atoms with van der Waals surface area (Å²) in [4.78, 5) is 13.5. The summed E-state index contributed by atoms with van der Waals surface area (Å²) < 4.78 is 5.29. The van der Waals surface area contributed by atoms with Crippen molar-refractivity contribution in [1.29, 1.82) is 0 Å². The number of likely N-dealkylation sites (N-methyl/N-ethyl adjacent to an activating group) is 1. The number of hydrogen-bond donors (Lipinski definition) is 1. The Morgan fingerprint density at radius 2 is 1.78 bits per heavy atom. The van der Waals surface area contributed by atoms with E-state index in [1.807, 2.05) is 26.0 Å². The molecule has 4 heteroatoms. The summed E-state index contributed by atoms with van der Waals surface area (Å²) in [6.45, 7) is 6.90. The van der Waals surface area contributed by atoms with E-state index in [0.717, 1.165) is 11.1 Å². The van der Waals surface area contributed by atoms with E-state index in [4.69, 9.17) is 4.74 Å². The number of methoxy groups -OCH3 is 1. The zero-order valence-electron chi connectivity index (χ0n) is 11.9. The highest BCUT2D eigenvalue weighted by Crippen LogP contribution is 2.31. The Morgan fingerprint density at radius 3 is 2.22 bits per heavy atom. The fourth-order valence-corrected chi connectivity index (χ4v) is 1.72. The molecule has 0 aliphatic carbocycles. The van der Waals surface area contributed by atoms with E-state index in [9.17, 15) is 9.90 Å². The predicted octanol–water partition coefficient (Wildman–Crippen LogP) is 2.05. The van der Waals surface area contributed by atoms with E-state index in [0.29, 0.717) is 11.4 Å². The molecule has 0 fully saturated rings. The predicted molar refractivity (Wildman–Crippen MR) is 72.2 cm³/mol. The average Bonchev–Trinajstić information content (AvgIpc) is 2.29. The van der Waals surface area contributed by atoms with Crippen molar-refractivity contribution in [2.75, 3.05) is 19.1 Å². The monoisotopic (exact) mass is 251 g/mol. The third kappa shape index (κ3) is 2.82. The highest BCUT2D eigenvalue weighted by atomic mass is 16.5. The van der Waals surface area contributed by atoms with Gasteiger partial charge in [-0.15, -0.1) is 0 Å². The topological polar surface area (TPSA) is 49.8 Å². The van der Waals surface area contributed by atoms with Gasteiger partial charge in [0, 0.05) is 7.05 Å². The quantitative estimate of drug-likeness (QED) is 0.894.